The third kappa shape index (κ3) is 5.05. The second-order valence-corrected chi connectivity index (χ2v) is 10.2. The molecule has 0 aliphatic carbocycles. The number of likely N-dealkylation sites (tertiary alicyclic amines) is 1. The molecule has 1 aromatic heterocycles. The first-order chi connectivity index (χ1) is 17.0. The van der Waals surface area contributed by atoms with Gasteiger partial charge in [-0.05, 0) is 79.5 Å². The number of anilines is 1. The number of benzene rings is 2. The minimum Gasteiger partial charge on any atom is -0.497 e. The van der Waals surface area contributed by atoms with Crippen molar-refractivity contribution in [2.24, 2.45) is 0 Å². The van der Waals surface area contributed by atoms with Crippen molar-refractivity contribution in [3.05, 3.63) is 93.7 Å². The van der Waals surface area contributed by atoms with Gasteiger partial charge in [-0.1, -0.05) is 47.5 Å². The maximum atomic E-state index is 11.3. The van der Waals surface area contributed by atoms with E-state index in [0.717, 1.165) is 61.0 Å². The SMILES string of the molecule is COc1ccc(/C=C/CN2CCC3(CC2)CN(C(O)c2ccnc(Cl)c2)c2ccc(Cl)cc23)cc1. The van der Waals surface area contributed by atoms with Crippen LogP contribution in [0.25, 0.3) is 6.08 Å². The van der Waals surface area contributed by atoms with E-state index in [4.69, 9.17) is 27.9 Å². The van der Waals surface area contributed by atoms with E-state index in [2.05, 4.69) is 45.1 Å². The molecule has 2 aromatic carbocycles. The fraction of sp³-hybridized carbons (Fsp3) is 0.321. The van der Waals surface area contributed by atoms with Gasteiger partial charge in [0.2, 0.25) is 0 Å². The van der Waals surface area contributed by atoms with Crippen molar-refractivity contribution in [3.8, 4) is 5.75 Å². The van der Waals surface area contributed by atoms with Crippen LogP contribution in [0, 0.1) is 0 Å². The van der Waals surface area contributed by atoms with Crippen LogP contribution in [0.5, 0.6) is 5.75 Å². The van der Waals surface area contributed by atoms with E-state index in [0.29, 0.717) is 5.15 Å². The summed E-state index contributed by atoms with van der Waals surface area (Å²) in [7, 11) is 1.68. The Morgan fingerprint density at radius 2 is 1.86 bits per heavy atom. The van der Waals surface area contributed by atoms with Gasteiger partial charge in [0.15, 0.2) is 6.23 Å². The Morgan fingerprint density at radius 3 is 2.57 bits per heavy atom. The highest BCUT2D eigenvalue weighted by molar-refractivity contribution is 6.30. The quantitative estimate of drug-likeness (QED) is 0.415. The lowest BCUT2D eigenvalue weighted by atomic mass is 9.74. The number of piperidine rings is 1. The Bertz CT molecular complexity index is 1210. The van der Waals surface area contributed by atoms with Crippen LogP contribution >= 0.6 is 23.2 Å². The summed E-state index contributed by atoms with van der Waals surface area (Å²) in [5, 5.41) is 12.4. The highest BCUT2D eigenvalue weighted by Crippen LogP contribution is 2.50. The third-order valence-corrected chi connectivity index (χ3v) is 7.70. The summed E-state index contributed by atoms with van der Waals surface area (Å²) in [6.45, 7) is 3.64. The molecule has 1 N–H and O–H groups in total. The number of halogens is 2. The number of methoxy groups -OCH3 is 1. The van der Waals surface area contributed by atoms with Gasteiger partial charge in [-0.2, -0.15) is 0 Å². The van der Waals surface area contributed by atoms with E-state index in [-0.39, 0.29) is 5.41 Å². The molecule has 3 heterocycles. The Labute approximate surface area is 216 Å². The van der Waals surface area contributed by atoms with E-state index >= 15 is 0 Å². The van der Waals surface area contributed by atoms with Gasteiger partial charge in [0.1, 0.15) is 10.9 Å². The zero-order valence-corrected chi connectivity index (χ0v) is 21.2. The van der Waals surface area contributed by atoms with Crippen molar-refractivity contribution in [1.29, 1.82) is 0 Å². The maximum Gasteiger partial charge on any atom is 0.153 e. The molecule has 0 saturated carbocycles. The van der Waals surface area contributed by atoms with Gasteiger partial charge in [-0.15, -0.1) is 0 Å². The first kappa shape index (κ1) is 24.1. The predicted octanol–water partition coefficient (Wildman–Crippen LogP) is 5.96. The number of aliphatic hydroxyl groups is 1. The summed E-state index contributed by atoms with van der Waals surface area (Å²) in [6.07, 6.45) is 7.25. The second-order valence-electron chi connectivity index (χ2n) is 9.33. The largest absolute Gasteiger partial charge is 0.497 e. The lowest BCUT2D eigenvalue weighted by molar-refractivity contribution is 0.147. The minimum atomic E-state index is -0.791. The summed E-state index contributed by atoms with van der Waals surface area (Å²) in [5.41, 5.74) is 4.15. The number of hydrogen-bond acceptors (Lipinski definition) is 5. The summed E-state index contributed by atoms with van der Waals surface area (Å²) in [5.74, 6) is 0.867. The van der Waals surface area contributed by atoms with Crippen LogP contribution in [0.2, 0.25) is 10.2 Å². The Morgan fingerprint density at radius 1 is 1.09 bits per heavy atom. The van der Waals surface area contributed by atoms with E-state index in [9.17, 15) is 5.11 Å². The highest BCUT2D eigenvalue weighted by atomic mass is 35.5. The molecule has 35 heavy (non-hydrogen) atoms. The molecule has 7 heteroatoms. The number of rotatable bonds is 6. The smallest absolute Gasteiger partial charge is 0.153 e. The van der Waals surface area contributed by atoms with Gasteiger partial charge in [0.05, 0.1) is 7.11 Å². The van der Waals surface area contributed by atoms with E-state index in [1.165, 1.54) is 11.1 Å². The molecule has 3 aromatic rings. The third-order valence-electron chi connectivity index (χ3n) is 7.26. The average molecular weight is 510 g/mol. The van der Waals surface area contributed by atoms with Crippen molar-refractivity contribution in [1.82, 2.24) is 9.88 Å². The molecular weight excluding hydrogens is 481 g/mol. The number of nitrogens with zero attached hydrogens (tertiary/aromatic N) is 3. The molecule has 0 amide bonds. The molecule has 0 bridgehead atoms. The summed E-state index contributed by atoms with van der Waals surface area (Å²) < 4.78 is 5.23. The van der Waals surface area contributed by atoms with Crippen LogP contribution in [0.15, 0.2) is 66.9 Å². The molecule has 5 nitrogen and oxygen atoms in total. The maximum absolute atomic E-state index is 11.3. The van der Waals surface area contributed by atoms with Crippen LogP contribution in [0.3, 0.4) is 0 Å². The summed E-state index contributed by atoms with van der Waals surface area (Å²) in [6, 6.07) is 17.6. The molecule has 2 aliphatic rings. The first-order valence-electron chi connectivity index (χ1n) is 11.9. The zero-order valence-electron chi connectivity index (χ0n) is 19.7. The highest BCUT2D eigenvalue weighted by Gasteiger charge is 2.46. The Balaban J connectivity index is 1.29. The van der Waals surface area contributed by atoms with Crippen molar-refractivity contribution in [2.45, 2.75) is 24.5 Å². The molecule has 0 radical (unpaired) electrons. The molecule has 1 atom stereocenters. The number of aliphatic hydroxyl groups excluding tert-OH is 1. The van der Waals surface area contributed by atoms with Crippen molar-refractivity contribution in [2.75, 3.05) is 38.2 Å². The topological polar surface area (TPSA) is 48.8 Å². The lowest BCUT2D eigenvalue weighted by Crippen LogP contribution is -2.45. The van der Waals surface area contributed by atoms with Crippen LogP contribution in [-0.4, -0.2) is 48.3 Å². The van der Waals surface area contributed by atoms with Gasteiger partial charge in [0.25, 0.3) is 0 Å². The molecule has 1 saturated heterocycles. The fourth-order valence-corrected chi connectivity index (χ4v) is 5.65. The average Bonchev–Trinajstić information content (AvgIpc) is 3.18. The number of aromatic nitrogens is 1. The molecule has 182 valence electrons. The number of hydrogen-bond donors (Lipinski definition) is 1. The van der Waals surface area contributed by atoms with Gasteiger partial charge in [0, 0.05) is 41.0 Å². The molecular formula is C28H29Cl2N3O2. The molecule has 1 unspecified atom stereocenters. The summed E-state index contributed by atoms with van der Waals surface area (Å²) in [4.78, 5) is 8.61. The van der Waals surface area contributed by atoms with Crippen LogP contribution < -0.4 is 9.64 Å². The Hall–Kier alpha value is -2.57. The normalized spacial score (nSPS) is 18.2. The molecule has 2 aliphatic heterocycles. The van der Waals surface area contributed by atoms with Gasteiger partial charge in [-0.25, -0.2) is 4.98 Å². The van der Waals surface area contributed by atoms with Crippen molar-refractivity contribution >= 4 is 35.0 Å². The molecule has 5 rings (SSSR count). The van der Waals surface area contributed by atoms with Crippen molar-refractivity contribution < 1.29 is 9.84 Å². The van der Waals surface area contributed by atoms with Crippen molar-refractivity contribution in [3.63, 3.8) is 0 Å². The van der Waals surface area contributed by atoms with E-state index in [1.807, 2.05) is 30.3 Å². The van der Waals surface area contributed by atoms with E-state index < -0.39 is 6.23 Å². The molecule has 1 spiro atoms. The predicted molar refractivity (Wildman–Crippen MR) is 142 cm³/mol. The van der Waals surface area contributed by atoms with Crippen LogP contribution in [-0.2, 0) is 5.41 Å². The first-order valence-corrected chi connectivity index (χ1v) is 12.6. The van der Waals surface area contributed by atoms with Crippen LogP contribution in [0.4, 0.5) is 5.69 Å². The van der Waals surface area contributed by atoms with Gasteiger partial charge in [-0.3, -0.25) is 4.90 Å². The zero-order chi connectivity index (χ0) is 24.4. The second kappa shape index (κ2) is 10.2. The fourth-order valence-electron chi connectivity index (χ4n) is 5.30. The minimum absolute atomic E-state index is 0.0335. The van der Waals surface area contributed by atoms with Gasteiger partial charge < -0.3 is 14.7 Å². The number of ether oxygens (including phenoxy) is 1. The lowest BCUT2D eigenvalue weighted by Gasteiger charge is -2.40. The van der Waals surface area contributed by atoms with E-state index in [1.54, 1.807) is 19.4 Å². The van der Waals surface area contributed by atoms with Gasteiger partial charge >= 0.3 is 0 Å². The standard InChI is InChI=1S/C28H29Cl2N3O2/c1-35-23-7-4-20(5-8-23)3-2-14-32-15-11-28(12-16-32)19-33(25-9-6-22(29)18-24(25)28)27(34)21-10-13-31-26(30)17-21/h2-10,13,17-18,27,34H,11-12,14-16,19H2,1H3/b3-2+. The number of fused-ring (bicyclic) bond motifs is 2. The monoisotopic (exact) mass is 509 g/mol. The Kier molecular flexibility index (Phi) is 7.03. The molecule has 1 fully saturated rings. The summed E-state index contributed by atoms with van der Waals surface area (Å²) >= 11 is 12.5. The number of pyridine rings is 1. The van der Waals surface area contributed by atoms with Crippen LogP contribution in [0.1, 0.15) is 35.8 Å².